The van der Waals surface area contributed by atoms with Crippen molar-refractivity contribution in [3.8, 4) is 23.0 Å². The molecule has 0 unspecified atom stereocenters. The SMILES string of the molecule is COc1cc(CNCCCNC2=CC(=O)C(NCCCNCc3ccc(O)c(OC)c3)=CC2=O)ccc1O. The van der Waals surface area contributed by atoms with E-state index in [1.807, 2.05) is 12.1 Å². The number of nitrogens with one attached hydrogen (secondary N) is 4. The second-order valence-corrected chi connectivity index (χ2v) is 8.77. The standard InChI is InChI=1S/C28H36N4O6/c1-37-27-13-19(5-7-23(27)33)17-29-9-3-11-31-21-15-26(36)22(16-25(21)35)32-12-4-10-30-18-20-6-8-24(34)28(14-20)38-2/h5-8,13-16,29-34H,3-4,9-12,17-18H2,1-2H3. The van der Waals surface area contributed by atoms with Crippen molar-refractivity contribution in [3.05, 3.63) is 71.1 Å². The van der Waals surface area contributed by atoms with Crippen LogP contribution in [-0.2, 0) is 22.7 Å². The summed E-state index contributed by atoms with van der Waals surface area (Å²) < 4.78 is 10.2. The molecule has 0 bridgehead atoms. The van der Waals surface area contributed by atoms with Gasteiger partial charge in [-0.05, 0) is 61.3 Å². The number of ketones is 2. The summed E-state index contributed by atoms with van der Waals surface area (Å²) in [5.74, 6) is 0.626. The molecule has 38 heavy (non-hydrogen) atoms. The Hall–Kier alpha value is -4.02. The Kier molecular flexibility index (Phi) is 11.0. The van der Waals surface area contributed by atoms with Crippen LogP contribution in [0.1, 0.15) is 24.0 Å². The highest BCUT2D eigenvalue weighted by Crippen LogP contribution is 2.26. The summed E-state index contributed by atoms with van der Waals surface area (Å²) in [6.45, 7) is 3.76. The molecule has 0 atom stereocenters. The van der Waals surface area contributed by atoms with Gasteiger partial charge in [0, 0.05) is 38.3 Å². The zero-order chi connectivity index (χ0) is 27.3. The number of aromatic hydroxyl groups is 2. The Balaban J connectivity index is 1.28. The number of phenols is 2. The van der Waals surface area contributed by atoms with Crippen LogP contribution in [0, 0.1) is 0 Å². The number of allylic oxidation sites excluding steroid dienone is 2. The number of carbonyl (C=O) groups excluding carboxylic acids is 2. The van der Waals surface area contributed by atoms with Gasteiger partial charge in [-0.1, -0.05) is 12.1 Å². The molecule has 0 aliphatic heterocycles. The Labute approximate surface area is 222 Å². The van der Waals surface area contributed by atoms with Gasteiger partial charge in [-0.2, -0.15) is 0 Å². The number of hydrogen-bond donors (Lipinski definition) is 6. The minimum atomic E-state index is -0.226. The van der Waals surface area contributed by atoms with E-state index in [1.165, 1.54) is 26.4 Å². The Bertz CT molecular complexity index is 1090. The van der Waals surface area contributed by atoms with E-state index in [-0.39, 0.29) is 23.1 Å². The molecule has 0 amide bonds. The molecule has 10 heteroatoms. The second kappa shape index (κ2) is 14.7. The van der Waals surface area contributed by atoms with Crippen molar-refractivity contribution in [1.29, 1.82) is 0 Å². The van der Waals surface area contributed by atoms with Gasteiger partial charge in [0.25, 0.3) is 0 Å². The highest BCUT2D eigenvalue weighted by atomic mass is 16.5. The summed E-state index contributed by atoms with van der Waals surface area (Å²) in [6, 6.07) is 10.4. The first-order valence-electron chi connectivity index (χ1n) is 12.5. The molecule has 0 saturated heterocycles. The molecule has 6 N–H and O–H groups in total. The molecule has 0 spiro atoms. The van der Waals surface area contributed by atoms with E-state index in [0.29, 0.717) is 62.2 Å². The quantitative estimate of drug-likeness (QED) is 0.142. The van der Waals surface area contributed by atoms with Crippen LogP contribution >= 0.6 is 0 Å². The number of rotatable bonds is 16. The number of phenolic OH excluding ortho intramolecular Hbond substituents is 2. The molecule has 10 nitrogen and oxygen atoms in total. The highest BCUT2D eigenvalue weighted by molar-refractivity contribution is 6.19. The third-order valence-corrected chi connectivity index (χ3v) is 5.92. The first-order chi connectivity index (χ1) is 18.4. The molecule has 1 aliphatic rings. The maximum Gasteiger partial charge on any atom is 0.203 e. The van der Waals surface area contributed by atoms with Crippen LogP contribution in [0.2, 0.25) is 0 Å². The van der Waals surface area contributed by atoms with E-state index >= 15 is 0 Å². The molecule has 0 fully saturated rings. The van der Waals surface area contributed by atoms with Gasteiger partial charge < -0.3 is 41.0 Å². The van der Waals surface area contributed by atoms with Crippen molar-refractivity contribution < 1.29 is 29.3 Å². The summed E-state index contributed by atoms with van der Waals surface area (Å²) >= 11 is 0. The minimum absolute atomic E-state index is 0.105. The number of benzene rings is 2. The van der Waals surface area contributed by atoms with E-state index in [4.69, 9.17) is 9.47 Å². The predicted octanol–water partition coefficient (Wildman–Crippen LogP) is 1.87. The third-order valence-electron chi connectivity index (χ3n) is 5.92. The monoisotopic (exact) mass is 524 g/mol. The van der Waals surface area contributed by atoms with Gasteiger partial charge in [0.2, 0.25) is 11.6 Å². The van der Waals surface area contributed by atoms with Crippen molar-refractivity contribution in [2.24, 2.45) is 0 Å². The van der Waals surface area contributed by atoms with Gasteiger partial charge in [-0.25, -0.2) is 0 Å². The molecule has 2 aromatic rings. The zero-order valence-corrected chi connectivity index (χ0v) is 21.8. The molecule has 1 aliphatic carbocycles. The molecule has 0 aromatic heterocycles. The molecule has 0 saturated carbocycles. The van der Waals surface area contributed by atoms with Crippen LogP contribution in [0.25, 0.3) is 0 Å². The smallest absolute Gasteiger partial charge is 0.203 e. The van der Waals surface area contributed by atoms with Crippen molar-refractivity contribution in [1.82, 2.24) is 21.3 Å². The molecule has 204 valence electrons. The van der Waals surface area contributed by atoms with E-state index < -0.39 is 0 Å². The lowest BCUT2D eigenvalue weighted by molar-refractivity contribution is -0.115. The van der Waals surface area contributed by atoms with Crippen LogP contribution in [0.4, 0.5) is 0 Å². The lowest BCUT2D eigenvalue weighted by Gasteiger charge is -2.15. The van der Waals surface area contributed by atoms with Gasteiger partial charge in [0.15, 0.2) is 23.0 Å². The average Bonchev–Trinajstić information content (AvgIpc) is 2.91. The summed E-state index contributed by atoms with van der Waals surface area (Å²) in [5, 5.41) is 32.0. The highest BCUT2D eigenvalue weighted by Gasteiger charge is 2.19. The molecule has 2 aromatic carbocycles. The molecular formula is C28H36N4O6. The molecule has 3 rings (SSSR count). The van der Waals surface area contributed by atoms with Gasteiger partial charge in [-0.3, -0.25) is 9.59 Å². The Morgan fingerprint density at radius 2 is 1.08 bits per heavy atom. The predicted molar refractivity (Wildman–Crippen MR) is 144 cm³/mol. The van der Waals surface area contributed by atoms with Crippen molar-refractivity contribution in [2.45, 2.75) is 25.9 Å². The number of ether oxygens (including phenoxy) is 2. The lowest BCUT2D eigenvalue weighted by Crippen LogP contribution is -2.31. The van der Waals surface area contributed by atoms with Gasteiger partial charge >= 0.3 is 0 Å². The second-order valence-electron chi connectivity index (χ2n) is 8.77. The molecule has 0 heterocycles. The number of carbonyl (C=O) groups is 2. The fraction of sp³-hybridized carbons (Fsp3) is 0.357. The van der Waals surface area contributed by atoms with E-state index in [2.05, 4.69) is 21.3 Å². The maximum absolute atomic E-state index is 12.4. The van der Waals surface area contributed by atoms with Crippen LogP contribution < -0.4 is 30.7 Å². The fourth-order valence-corrected chi connectivity index (χ4v) is 3.84. The van der Waals surface area contributed by atoms with E-state index in [0.717, 1.165) is 24.0 Å². The lowest BCUT2D eigenvalue weighted by atomic mass is 10.1. The van der Waals surface area contributed by atoms with Gasteiger partial charge in [0.1, 0.15) is 0 Å². The van der Waals surface area contributed by atoms with Gasteiger partial charge in [-0.15, -0.1) is 0 Å². The van der Waals surface area contributed by atoms with Crippen molar-refractivity contribution >= 4 is 11.6 Å². The Morgan fingerprint density at radius 3 is 1.47 bits per heavy atom. The van der Waals surface area contributed by atoms with Crippen molar-refractivity contribution in [2.75, 3.05) is 40.4 Å². The molecular weight excluding hydrogens is 488 g/mol. The number of hydrogen-bond acceptors (Lipinski definition) is 10. The summed E-state index contributed by atoms with van der Waals surface area (Å²) in [7, 11) is 3.02. The van der Waals surface area contributed by atoms with E-state index in [1.54, 1.807) is 24.3 Å². The average molecular weight is 525 g/mol. The fourth-order valence-electron chi connectivity index (χ4n) is 3.84. The molecule has 0 radical (unpaired) electrons. The maximum atomic E-state index is 12.4. The number of methoxy groups -OCH3 is 2. The van der Waals surface area contributed by atoms with Crippen LogP contribution in [-0.4, -0.2) is 62.2 Å². The normalized spacial score (nSPS) is 13.1. The van der Waals surface area contributed by atoms with Crippen LogP contribution in [0.3, 0.4) is 0 Å². The van der Waals surface area contributed by atoms with Crippen LogP contribution in [0.15, 0.2) is 59.9 Å². The Morgan fingerprint density at radius 1 is 0.658 bits per heavy atom. The first kappa shape index (κ1) is 28.5. The topological polar surface area (TPSA) is 141 Å². The summed E-state index contributed by atoms with van der Waals surface area (Å²) in [4.78, 5) is 24.8. The summed E-state index contributed by atoms with van der Waals surface area (Å²) in [5.41, 5.74) is 2.58. The van der Waals surface area contributed by atoms with Crippen molar-refractivity contribution in [3.63, 3.8) is 0 Å². The summed E-state index contributed by atoms with van der Waals surface area (Å²) in [6.07, 6.45) is 4.20. The van der Waals surface area contributed by atoms with E-state index in [9.17, 15) is 19.8 Å². The first-order valence-corrected chi connectivity index (χ1v) is 12.5. The van der Waals surface area contributed by atoms with Crippen LogP contribution in [0.5, 0.6) is 23.0 Å². The van der Waals surface area contributed by atoms with Gasteiger partial charge in [0.05, 0.1) is 25.6 Å². The largest absolute Gasteiger partial charge is 0.504 e. The third kappa shape index (κ3) is 8.53. The minimum Gasteiger partial charge on any atom is -0.504 e. The zero-order valence-electron chi connectivity index (χ0n) is 21.8.